The molecule has 0 aromatic carbocycles. The molecule has 6 rings (SSSR count). The fourth-order valence-corrected chi connectivity index (χ4v) is 6.09. The van der Waals surface area contributed by atoms with Crippen molar-refractivity contribution in [2.45, 2.75) is 57.2 Å². The molecule has 3 fully saturated rings. The van der Waals surface area contributed by atoms with Crippen molar-refractivity contribution in [2.24, 2.45) is 0 Å². The van der Waals surface area contributed by atoms with Gasteiger partial charge in [-0.15, -0.1) is 11.3 Å². The first-order valence-corrected chi connectivity index (χ1v) is 12.2. The number of hydrogen-bond donors (Lipinski definition) is 3. The molecule has 2 atom stereocenters. The van der Waals surface area contributed by atoms with Crippen LogP contribution in [-0.4, -0.2) is 58.3 Å². The number of fused-ring (bicyclic) bond motifs is 3. The molecule has 9 heteroatoms. The third-order valence-corrected chi connectivity index (χ3v) is 7.86. The van der Waals surface area contributed by atoms with Crippen LogP contribution in [0, 0.1) is 6.92 Å². The fourth-order valence-electron chi connectivity index (χ4n) is 5.05. The van der Waals surface area contributed by atoms with Gasteiger partial charge in [-0.1, -0.05) is 0 Å². The zero-order valence-corrected chi connectivity index (χ0v) is 19.2. The number of pyridine rings is 1. The number of carbonyl (C=O) groups excluding carboxylic acids is 1. The molecule has 2 bridgehead atoms. The number of thiophene rings is 1. The van der Waals surface area contributed by atoms with Crippen molar-refractivity contribution < 1.29 is 9.53 Å². The van der Waals surface area contributed by atoms with Gasteiger partial charge in [0.15, 0.2) is 5.82 Å². The van der Waals surface area contributed by atoms with Gasteiger partial charge >= 0.3 is 0 Å². The highest BCUT2D eigenvalue weighted by Crippen LogP contribution is 2.40. The highest BCUT2D eigenvalue weighted by molar-refractivity contribution is 7.19. The highest BCUT2D eigenvalue weighted by atomic mass is 32.1. The minimum atomic E-state index is -0.00727. The van der Waals surface area contributed by atoms with Crippen LogP contribution >= 0.6 is 11.3 Å². The number of anilines is 2. The van der Waals surface area contributed by atoms with Gasteiger partial charge in [-0.05, 0) is 38.7 Å². The summed E-state index contributed by atoms with van der Waals surface area (Å²) in [7, 11) is 1.67. The lowest BCUT2D eigenvalue weighted by Gasteiger charge is -2.33. The average molecular weight is 453 g/mol. The second kappa shape index (κ2) is 7.83. The Bertz CT molecular complexity index is 1170. The number of aryl methyl sites for hydroxylation is 1. The van der Waals surface area contributed by atoms with Crippen molar-refractivity contribution in [2.75, 3.05) is 25.5 Å². The number of aromatic nitrogens is 3. The van der Waals surface area contributed by atoms with E-state index in [2.05, 4.69) is 39.9 Å². The average Bonchev–Trinajstić information content (AvgIpc) is 3.25. The number of amides is 1. The molecule has 3 aromatic rings. The van der Waals surface area contributed by atoms with Crippen LogP contribution in [-0.2, 0) is 11.3 Å². The monoisotopic (exact) mass is 452 g/mol. The molecule has 1 aliphatic carbocycles. The third kappa shape index (κ3) is 3.58. The van der Waals surface area contributed by atoms with Crippen molar-refractivity contribution >= 4 is 39.0 Å². The summed E-state index contributed by atoms with van der Waals surface area (Å²) in [5, 5.41) is 15.6. The first kappa shape index (κ1) is 20.1. The molecule has 1 saturated carbocycles. The molecule has 168 valence electrons. The summed E-state index contributed by atoms with van der Waals surface area (Å²) in [4.78, 5) is 21.7. The van der Waals surface area contributed by atoms with Gasteiger partial charge in [0.1, 0.15) is 11.5 Å². The van der Waals surface area contributed by atoms with Gasteiger partial charge in [0, 0.05) is 70.5 Å². The molecule has 0 radical (unpaired) electrons. The van der Waals surface area contributed by atoms with Crippen LogP contribution in [0.15, 0.2) is 12.1 Å². The van der Waals surface area contributed by atoms with Gasteiger partial charge in [-0.2, -0.15) is 5.10 Å². The molecule has 3 aromatic heterocycles. The minimum Gasteiger partial charge on any atom is -0.380 e. The van der Waals surface area contributed by atoms with Crippen LogP contribution in [0.1, 0.15) is 58.2 Å². The lowest BCUT2D eigenvalue weighted by atomic mass is 10.1. The van der Waals surface area contributed by atoms with Crippen LogP contribution in [0.3, 0.4) is 0 Å². The molecule has 2 aliphatic heterocycles. The van der Waals surface area contributed by atoms with E-state index in [1.165, 1.54) is 17.7 Å². The van der Waals surface area contributed by atoms with E-state index in [9.17, 15) is 4.79 Å². The number of nitrogens with zero attached hydrogens (tertiary/aromatic N) is 3. The standard InChI is InChI=1S/C23H28N6O2S/c1-12-7-16-21(32-12)17(11-31-2)20(23(30)29-9-14-5-6-15(10-29)24-14)26-22(16)25-19-8-18(27-28-19)13-3-4-13/h7-8,13-15,24H,3-6,9-11H2,1-2H3,(H2,25,26,27,28). The van der Waals surface area contributed by atoms with Crippen LogP contribution in [0.5, 0.6) is 0 Å². The Balaban J connectivity index is 1.41. The fraction of sp³-hybridized carbons (Fsp3) is 0.522. The number of ether oxygens (including phenoxy) is 1. The maximum atomic E-state index is 13.7. The Kier molecular flexibility index (Phi) is 4.93. The van der Waals surface area contributed by atoms with Gasteiger partial charge in [0.25, 0.3) is 5.91 Å². The third-order valence-electron chi connectivity index (χ3n) is 6.75. The quantitative estimate of drug-likeness (QED) is 0.528. The Morgan fingerprint density at radius 2 is 2.03 bits per heavy atom. The molecule has 5 heterocycles. The smallest absolute Gasteiger partial charge is 0.273 e. The Hall–Kier alpha value is -2.49. The number of aromatic amines is 1. The number of piperazine rings is 1. The normalized spacial score (nSPS) is 22.6. The summed E-state index contributed by atoms with van der Waals surface area (Å²) < 4.78 is 6.58. The molecule has 2 unspecified atom stereocenters. The van der Waals surface area contributed by atoms with E-state index in [-0.39, 0.29) is 5.91 Å². The van der Waals surface area contributed by atoms with Crippen molar-refractivity contribution in [3.63, 3.8) is 0 Å². The summed E-state index contributed by atoms with van der Waals surface area (Å²) in [5.74, 6) is 2.01. The van der Waals surface area contributed by atoms with E-state index in [0.717, 1.165) is 53.1 Å². The lowest BCUT2D eigenvalue weighted by molar-refractivity contribution is 0.0687. The minimum absolute atomic E-state index is 0.00727. The van der Waals surface area contributed by atoms with E-state index >= 15 is 0 Å². The summed E-state index contributed by atoms with van der Waals surface area (Å²) in [5.41, 5.74) is 2.53. The Morgan fingerprint density at radius 3 is 2.75 bits per heavy atom. The largest absolute Gasteiger partial charge is 0.380 e. The highest BCUT2D eigenvalue weighted by Gasteiger charge is 2.36. The lowest BCUT2D eigenvalue weighted by Crippen LogP contribution is -2.53. The van der Waals surface area contributed by atoms with Crippen LogP contribution < -0.4 is 10.6 Å². The van der Waals surface area contributed by atoms with Crippen LogP contribution in [0.25, 0.3) is 10.1 Å². The molecule has 0 spiro atoms. The number of nitrogens with one attached hydrogen (secondary N) is 3. The zero-order valence-electron chi connectivity index (χ0n) is 18.4. The second-order valence-electron chi connectivity index (χ2n) is 9.28. The van der Waals surface area contributed by atoms with E-state index in [4.69, 9.17) is 9.72 Å². The molecular weight excluding hydrogens is 424 g/mol. The van der Waals surface area contributed by atoms with Crippen LogP contribution in [0.2, 0.25) is 0 Å². The van der Waals surface area contributed by atoms with Gasteiger partial charge in [-0.25, -0.2) is 4.98 Å². The molecule has 3 N–H and O–H groups in total. The maximum Gasteiger partial charge on any atom is 0.273 e. The Morgan fingerprint density at radius 1 is 1.25 bits per heavy atom. The predicted octanol–water partition coefficient (Wildman–Crippen LogP) is 3.67. The maximum absolute atomic E-state index is 13.7. The first-order valence-electron chi connectivity index (χ1n) is 11.4. The van der Waals surface area contributed by atoms with Crippen molar-refractivity contribution in [3.05, 3.63) is 34.0 Å². The first-order chi connectivity index (χ1) is 15.6. The van der Waals surface area contributed by atoms with E-state index < -0.39 is 0 Å². The van der Waals surface area contributed by atoms with E-state index in [0.29, 0.717) is 36.1 Å². The molecule has 3 aliphatic rings. The van der Waals surface area contributed by atoms with Gasteiger partial charge in [0.2, 0.25) is 0 Å². The number of rotatable bonds is 6. The zero-order chi connectivity index (χ0) is 21.8. The molecule has 2 saturated heterocycles. The molecule has 32 heavy (non-hydrogen) atoms. The SMILES string of the molecule is COCc1c(C(=O)N2CC3CCC(C2)N3)nc(Nc2cc(C3CC3)[nH]n2)c2cc(C)sc12. The number of methoxy groups -OCH3 is 1. The number of hydrogen-bond acceptors (Lipinski definition) is 7. The van der Waals surface area contributed by atoms with Gasteiger partial charge in [0.05, 0.1) is 6.61 Å². The van der Waals surface area contributed by atoms with Crippen molar-refractivity contribution in [1.82, 2.24) is 25.4 Å². The van der Waals surface area contributed by atoms with E-state index in [1.807, 2.05) is 4.90 Å². The Labute approximate surface area is 190 Å². The van der Waals surface area contributed by atoms with Crippen molar-refractivity contribution in [3.8, 4) is 0 Å². The van der Waals surface area contributed by atoms with Gasteiger partial charge < -0.3 is 20.3 Å². The number of H-pyrrole nitrogens is 1. The number of likely N-dealkylation sites (tertiary alicyclic amines) is 1. The summed E-state index contributed by atoms with van der Waals surface area (Å²) in [6.07, 6.45) is 4.69. The molecule has 1 amide bonds. The second-order valence-corrected chi connectivity index (χ2v) is 10.5. The van der Waals surface area contributed by atoms with Crippen LogP contribution in [0.4, 0.5) is 11.6 Å². The van der Waals surface area contributed by atoms with E-state index in [1.54, 1.807) is 18.4 Å². The van der Waals surface area contributed by atoms with Gasteiger partial charge in [-0.3, -0.25) is 9.89 Å². The summed E-state index contributed by atoms with van der Waals surface area (Å²) in [6, 6.07) is 4.96. The number of carbonyl (C=O) groups is 1. The molecular formula is C23H28N6O2S. The summed E-state index contributed by atoms with van der Waals surface area (Å²) in [6.45, 7) is 3.91. The van der Waals surface area contributed by atoms with Crippen molar-refractivity contribution in [1.29, 1.82) is 0 Å². The predicted molar refractivity (Wildman–Crippen MR) is 125 cm³/mol. The summed E-state index contributed by atoms with van der Waals surface area (Å²) >= 11 is 1.68. The molecule has 8 nitrogen and oxygen atoms in total. The topological polar surface area (TPSA) is 95.2 Å².